The largest absolute Gasteiger partial charge is 0.506 e. The summed E-state index contributed by atoms with van der Waals surface area (Å²) in [6, 6.07) is 6.12. The number of phenolic OH excluding ortho intramolecular Hbond substituents is 1. The van der Waals surface area contributed by atoms with Gasteiger partial charge in [0.15, 0.2) is 11.6 Å². The highest BCUT2D eigenvalue weighted by Crippen LogP contribution is 2.40. The van der Waals surface area contributed by atoms with Crippen molar-refractivity contribution in [3.05, 3.63) is 57.6 Å². The summed E-state index contributed by atoms with van der Waals surface area (Å²) in [4.78, 5) is 51.1. The smallest absolute Gasteiger partial charge is 0.202 e. The van der Waals surface area contributed by atoms with Crippen LogP contribution in [-0.4, -0.2) is 35.3 Å². The minimum atomic E-state index is -0.591. The number of phenols is 1. The van der Waals surface area contributed by atoms with Gasteiger partial charge < -0.3 is 9.84 Å². The number of aromatic hydroxyl groups is 1. The van der Waals surface area contributed by atoms with E-state index in [1.807, 2.05) is 6.92 Å². The van der Waals surface area contributed by atoms with Crippen LogP contribution in [0.2, 0.25) is 0 Å². The van der Waals surface area contributed by atoms with Crippen LogP contribution in [0, 0.1) is 12.8 Å². The first-order valence-corrected chi connectivity index (χ1v) is 9.41. The summed E-state index contributed by atoms with van der Waals surface area (Å²) < 4.78 is 5.21. The zero-order valence-corrected chi connectivity index (χ0v) is 16.8. The van der Waals surface area contributed by atoms with Crippen LogP contribution in [0.15, 0.2) is 24.3 Å². The first kappa shape index (κ1) is 20.5. The van der Waals surface area contributed by atoms with E-state index in [0.29, 0.717) is 12.0 Å². The molecule has 1 N–H and O–H groups in total. The Balaban J connectivity index is 2.15. The van der Waals surface area contributed by atoms with Gasteiger partial charge in [0.2, 0.25) is 5.78 Å². The van der Waals surface area contributed by atoms with Crippen molar-refractivity contribution in [1.82, 2.24) is 0 Å². The summed E-state index contributed by atoms with van der Waals surface area (Å²) >= 11 is 0. The van der Waals surface area contributed by atoms with Crippen LogP contribution >= 0.6 is 0 Å². The molecule has 0 fully saturated rings. The Morgan fingerprint density at radius 3 is 2.41 bits per heavy atom. The lowest BCUT2D eigenvalue weighted by atomic mass is 9.80. The van der Waals surface area contributed by atoms with Crippen molar-refractivity contribution in [3.63, 3.8) is 0 Å². The molecule has 0 saturated heterocycles. The maximum Gasteiger partial charge on any atom is 0.202 e. The number of ketones is 4. The van der Waals surface area contributed by atoms with Crippen LogP contribution in [0.5, 0.6) is 11.5 Å². The van der Waals surface area contributed by atoms with Gasteiger partial charge >= 0.3 is 0 Å². The second-order valence-electron chi connectivity index (χ2n) is 7.26. The molecule has 0 saturated carbocycles. The van der Waals surface area contributed by atoms with Crippen molar-refractivity contribution in [2.45, 2.75) is 33.6 Å². The van der Waals surface area contributed by atoms with E-state index in [1.165, 1.54) is 19.2 Å². The molecule has 1 atom stereocenters. The Hall–Kier alpha value is -3.28. The third-order valence-corrected chi connectivity index (χ3v) is 5.46. The number of hydrogen-bond acceptors (Lipinski definition) is 6. The van der Waals surface area contributed by atoms with Crippen LogP contribution in [0.1, 0.15) is 74.5 Å². The van der Waals surface area contributed by atoms with E-state index in [4.69, 9.17) is 4.74 Å². The second kappa shape index (κ2) is 7.62. The lowest BCUT2D eigenvalue weighted by Gasteiger charge is -2.22. The fraction of sp³-hybridized carbons (Fsp3) is 0.304. The highest BCUT2D eigenvalue weighted by molar-refractivity contribution is 6.31. The number of benzene rings is 2. The molecule has 0 aliphatic heterocycles. The summed E-state index contributed by atoms with van der Waals surface area (Å²) in [6.45, 7) is 5.16. The first-order chi connectivity index (χ1) is 13.7. The van der Waals surface area contributed by atoms with Crippen molar-refractivity contribution < 1.29 is 29.0 Å². The fourth-order valence-corrected chi connectivity index (χ4v) is 3.60. The highest BCUT2D eigenvalue weighted by atomic mass is 16.5. The molecule has 29 heavy (non-hydrogen) atoms. The number of methoxy groups -OCH3 is 1. The van der Waals surface area contributed by atoms with Crippen LogP contribution in [0.4, 0.5) is 0 Å². The second-order valence-corrected chi connectivity index (χ2v) is 7.26. The molecule has 0 heterocycles. The van der Waals surface area contributed by atoms with E-state index in [0.717, 1.165) is 0 Å². The van der Waals surface area contributed by atoms with Crippen LogP contribution < -0.4 is 4.74 Å². The molecule has 2 aromatic carbocycles. The van der Waals surface area contributed by atoms with E-state index >= 15 is 0 Å². The molecule has 2 aromatic rings. The molecule has 6 heteroatoms. The quantitative estimate of drug-likeness (QED) is 0.506. The molecule has 0 radical (unpaired) electrons. The molecular weight excluding hydrogens is 372 g/mol. The Labute approximate surface area is 168 Å². The minimum absolute atomic E-state index is 0.0376. The van der Waals surface area contributed by atoms with Crippen molar-refractivity contribution >= 4 is 23.1 Å². The highest BCUT2D eigenvalue weighted by Gasteiger charge is 2.37. The molecule has 1 aliphatic rings. The predicted octanol–water partition coefficient (Wildman–Crippen LogP) is 3.67. The van der Waals surface area contributed by atoms with E-state index in [2.05, 4.69) is 0 Å². The Morgan fingerprint density at radius 1 is 1.10 bits per heavy atom. The fourth-order valence-electron chi connectivity index (χ4n) is 3.60. The van der Waals surface area contributed by atoms with Gasteiger partial charge in [0, 0.05) is 17.0 Å². The van der Waals surface area contributed by atoms with E-state index in [9.17, 15) is 24.3 Å². The van der Waals surface area contributed by atoms with Gasteiger partial charge in [-0.3, -0.25) is 19.2 Å². The third kappa shape index (κ3) is 3.24. The Bertz CT molecular complexity index is 1060. The predicted molar refractivity (Wildman–Crippen MR) is 106 cm³/mol. The van der Waals surface area contributed by atoms with Gasteiger partial charge in [0.25, 0.3) is 0 Å². The lowest BCUT2D eigenvalue weighted by Crippen LogP contribution is -2.24. The number of fused-ring (bicyclic) bond motifs is 2. The number of rotatable bonds is 6. The number of Topliss-reactive ketones (excluding diaryl/α,β-unsaturated/α-hetero) is 2. The molecular formula is C23H22O6. The number of ether oxygens (including phenoxy) is 1. The molecule has 1 aliphatic carbocycles. The Kier molecular flexibility index (Phi) is 5.38. The molecule has 0 spiro atoms. The van der Waals surface area contributed by atoms with E-state index in [1.54, 1.807) is 26.0 Å². The van der Waals surface area contributed by atoms with Gasteiger partial charge in [-0.05, 0) is 31.0 Å². The SMILES string of the molecule is CCC(C)C(=O)CC(=O)c1c(C)cc2c(c1O)C(=O)c1c(OC)cccc1C2=O. The summed E-state index contributed by atoms with van der Waals surface area (Å²) in [5.41, 5.74) is 0.301. The number of carbonyl (C=O) groups excluding carboxylic acids is 4. The molecule has 1 unspecified atom stereocenters. The monoisotopic (exact) mass is 394 g/mol. The Morgan fingerprint density at radius 2 is 1.79 bits per heavy atom. The maximum atomic E-state index is 13.1. The topological polar surface area (TPSA) is 97.7 Å². The summed E-state index contributed by atoms with van der Waals surface area (Å²) in [7, 11) is 1.38. The number of carbonyl (C=O) groups is 4. The van der Waals surface area contributed by atoms with E-state index in [-0.39, 0.29) is 51.7 Å². The lowest BCUT2D eigenvalue weighted by molar-refractivity contribution is -0.121. The van der Waals surface area contributed by atoms with Crippen molar-refractivity contribution in [3.8, 4) is 11.5 Å². The summed E-state index contributed by atoms with van der Waals surface area (Å²) in [5, 5.41) is 10.8. The molecule has 3 rings (SSSR count). The maximum absolute atomic E-state index is 13.1. The van der Waals surface area contributed by atoms with E-state index < -0.39 is 23.1 Å². The normalized spacial score (nSPS) is 13.5. The molecule has 0 amide bonds. The van der Waals surface area contributed by atoms with Gasteiger partial charge in [-0.15, -0.1) is 0 Å². The van der Waals surface area contributed by atoms with Gasteiger partial charge in [-0.25, -0.2) is 0 Å². The van der Waals surface area contributed by atoms with Crippen molar-refractivity contribution in [1.29, 1.82) is 0 Å². The minimum Gasteiger partial charge on any atom is -0.506 e. The number of aryl methyl sites for hydroxylation is 1. The molecule has 0 aromatic heterocycles. The van der Waals surface area contributed by atoms with Gasteiger partial charge in [-0.1, -0.05) is 26.0 Å². The van der Waals surface area contributed by atoms with Crippen molar-refractivity contribution in [2.24, 2.45) is 5.92 Å². The average molecular weight is 394 g/mol. The average Bonchev–Trinajstić information content (AvgIpc) is 2.70. The summed E-state index contributed by atoms with van der Waals surface area (Å²) in [6.07, 6.45) is 0.231. The van der Waals surface area contributed by atoms with Crippen LogP contribution in [-0.2, 0) is 4.79 Å². The molecule has 150 valence electrons. The van der Waals surface area contributed by atoms with Crippen molar-refractivity contribution in [2.75, 3.05) is 7.11 Å². The van der Waals surface area contributed by atoms with Gasteiger partial charge in [0.1, 0.15) is 17.3 Å². The third-order valence-electron chi connectivity index (χ3n) is 5.46. The standard InChI is InChI=1S/C23H22O6/c1-5-11(2)15(24)10-16(25)18-12(3)9-14-20(22(18)27)23(28)19-13(21(14)26)7-6-8-17(19)29-4/h6-9,11,27H,5,10H2,1-4H3. The van der Waals surface area contributed by atoms with Gasteiger partial charge in [0.05, 0.1) is 30.2 Å². The van der Waals surface area contributed by atoms with Gasteiger partial charge in [-0.2, -0.15) is 0 Å². The first-order valence-electron chi connectivity index (χ1n) is 9.41. The van der Waals surface area contributed by atoms with Crippen LogP contribution in [0.25, 0.3) is 0 Å². The molecule has 6 nitrogen and oxygen atoms in total. The van der Waals surface area contributed by atoms with Crippen LogP contribution in [0.3, 0.4) is 0 Å². The number of hydrogen-bond donors (Lipinski definition) is 1. The zero-order chi connectivity index (χ0) is 21.5. The summed E-state index contributed by atoms with van der Waals surface area (Å²) in [5.74, 6) is -2.45. The molecule has 0 bridgehead atoms. The zero-order valence-electron chi connectivity index (χ0n) is 16.8.